The third-order valence-corrected chi connectivity index (χ3v) is 5.91. The number of carbonyl (C=O) groups is 3. The number of benzene rings is 2. The first-order valence-electron chi connectivity index (χ1n) is 11.0. The molecule has 3 N–H and O–H groups in total. The number of methoxy groups -OCH3 is 2. The summed E-state index contributed by atoms with van der Waals surface area (Å²) in [5, 5.41) is 13.0. The summed E-state index contributed by atoms with van der Waals surface area (Å²) in [7, 11) is 2.35. The lowest BCUT2D eigenvalue weighted by atomic mass is 9.80. The van der Waals surface area contributed by atoms with Gasteiger partial charge in [0.15, 0.2) is 0 Å². The third kappa shape index (κ3) is 4.34. The number of para-hydroxylation sites is 1. The van der Waals surface area contributed by atoms with E-state index in [1.165, 1.54) is 19.1 Å². The van der Waals surface area contributed by atoms with E-state index in [4.69, 9.17) is 15.2 Å². The minimum Gasteiger partial charge on any atom is -0.466 e. The van der Waals surface area contributed by atoms with Crippen LogP contribution in [0.4, 0.5) is 5.69 Å². The molecule has 178 valence electrons. The molecule has 0 aromatic heterocycles. The van der Waals surface area contributed by atoms with Gasteiger partial charge in [0.2, 0.25) is 0 Å². The van der Waals surface area contributed by atoms with Gasteiger partial charge in [-0.1, -0.05) is 42.5 Å². The first-order valence-corrected chi connectivity index (χ1v) is 11.0. The lowest BCUT2D eigenvalue weighted by molar-refractivity contribution is -0.139. The first kappa shape index (κ1) is 23.6. The van der Waals surface area contributed by atoms with E-state index in [0.29, 0.717) is 5.56 Å². The second-order valence-electron chi connectivity index (χ2n) is 8.10. The van der Waals surface area contributed by atoms with Crippen LogP contribution in [0.5, 0.6) is 0 Å². The van der Waals surface area contributed by atoms with Crippen LogP contribution < -0.4 is 16.0 Å². The zero-order valence-electron chi connectivity index (χ0n) is 19.3. The molecule has 35 heavy (non-hydrogen) atoms. The van der Waals surface area contributed by atoms with Gasteiger partial charge < -0.3 is 20.5 Å². The Morgan fingerprint density at radius 3 is 2.23 bits per heavy atom. The molecule has 1 amide bonds. The Labute approximate surface area is 202 Å². The highest BCUT2D eigenvalue weighted by Crippen LogP contribution is 2.43. The van der Waals surface area contributed by atoms with E-state index in [-0.39, 0.29) is 45.9 Å². The molecule has 0 spiro atoms. The fraction of sp³-hybridized carbons (Fsp3) is 0.231. The van der Waals surface area contributed by atoms with Gasteiger partial charge in [0.1, 0.15) is 11.5 Å². The number of anilines is 1. The summed E-state index contributed by atoms with van der Waals surface area (Å²) >= 11 is 0. The highest BCUT2D eigenvalue weighted by atomic mass is 16.5. The van der Waals surface area contributed by atoms with Crippen LogP contribution in [0.1, 0.15) is 34.7 Å². The van der Waals surface area contributed by atoms with Gasteiger partial charge in [-0.15, -0.1) is 0 Å². The number of nitrogens with one attached hydrogen (secondary N) is 1. The van der Waals surface area contributed by atoms with Crippen molar-refractivity contribution in [2.45, 2.75) is 24.8 Å². The van der Waals surface area contributed by atoms with Crippen molar-refractivity contribution in [3.8, 4) is 6.07 Å². The molecule has 0 radical (unpaired) electrons. The van der Waals surface area contributed by atoms with Gasteiger partial charge in [-0.25, -0.2) is 9.59 Å². The van der Waals surface area contributed by atoms with E-state index < -0.39 is 17.9 Å². The second-order valence-corrected chi connectivity index (χ2v) is 8.10. The van der Waals surface area contributed by atoms with Crippen LogP contribution in [0.25, 0.3) is 0 Å². The Morgan fingerprint density at radius 2 is 1.63 bits per heavy atom. The molecular weight excluding hydrogens is 448 g/mol. The number of ether oxygens (including phenoxy) is 2. The summed E-state index contributed by atoms with van der Waals surface area (Å²) in [6.45, 7) is 0. The van der Waals surface area contributed by atoms with Gasteiger partial charge in [0.05, 0.1) is 48.6 Å². The van der Waals surface area contributed by atoms with Crippen LogP contribution in [0.15, 0.2) is 77.3 Å². The highest BCUT2D eigenvalue weighted by molar-refractivity contribution is 6.08. The molecule has 1 fully saturated rings. The van der Waals surface area contributed by atoms with Gasteiger partial charge in [0, 0.05) is 6.04 Å². The number of nitrogens with zero attached hydrogens (tertiary/aromatic N) is 2. The van der Waals surface area contributed by atoms with Gasteiger partial charge in [0.25, 0.3) is 5.91 Å². The number of hydrogen-bond acceptors (Lipinski definition) is 8. The average molecular weight is 473 g/mol. The molecule has 9 nitrogen and oxygen atoms in total. The summed E-state index contributed by atoms with van der Waals surface area (Å²) < 4.78 is 10.1. The molecule has 4 rings (SSSR count). The Bertz CT molecular complexity index is 1290. The summed E-state index contributed by atoms with van der Waals surface area (Å²) in [6.07, 6.45) is 1.77. The summed E-state index contributed by atoms with van der Waals surface area (Å²) in [6, 6.07) is 17.4. The smallest absolute Gasteiger partial charge is 0.355 e. The van der Waals surface area contributed by atoms with Crippen LogP contribution in [-0.2, 0) is 19.1 Å². The molecule has 2 aromatic rings. The molecule has 1 aliphatic carbocycles. The van der Waals surface area contributed by atoms with Crippen molar-refractivity contribution < 1.29 is 23.9 Å². The Kier molecular flexibility index (Phi) is 6.55. The third-order valence-electron chi connectivity index (χ3n) is 5.91. The van der Waals surface area contributed by atoms with Crippen molar-refractivity contribution in [3.63, 3.8) is 0 Å². The van der Waals surface area contributed by atoms with Crippen LogP contribution in [0.3, 0.4) is 0 Å². The fourth-order valence-corrected chi connectivity index (χ4v) is 4.12. The summed E-state index contributed by atoms with van der Waals surface area (Å²) in [5.74, 6) is -3.14. The number of nitrogens with two attached hydrogens (primary N) is 1. The standard InChI is InChI=1S/C26H24N4O5/c1-34-25(32)21-20(15-8-4-3-5-9-15)18(14-27)23(28)30(22(21)26(33)35-2)19-11-7-6-10-17(19)24(31)29-16-12-13-16/h3-11,16,20H,12-13,28H2,1-2H3,(H,29,31). The number of hydrogen-bond donors (Lipinski definition) is 2. The Morgan fingerprint density at radius 1 is 1.00 bits per heavy atom. The van der Waals surface area contributed by atoms with E-state index in [2.05, 4.69) is 11.4 Å². The Balaban J connectivity index is 2.01. The van der Waals surface area contributed by atoms with E-state index >= 15 is 0 Å². The minimum atomic E-state index is -0.980. The number of esters is 2. The number of allylic oxidation sites excluding steroid dienone is 1. The zero-order valence-corrected chi connectivity index (χ0v) is 19.3. The van der Waals surface area contributed by atoms with Crippen molar-refractivity contribution in [2.75, 3.05) is 19.1 Å². The lowest BCUT2D eigenvalue weighted by Crippen LogP contribution is -2.41. The van der Waals surface area contributed by atoms with Gasteiger partial charge in [-0.2, -0.15) is 5.26 Å². The monoisotopic (exact) mass is 472 g/mol. The van der Waals surface area contributed by atoms with E-state index in [1.54, 1.807) is 54.6 Å². The van der Waals surface area contributed by atoms with Gasteiger partial charge >= 0.3 is 11.9 Å². The first-order chi connectivity index (χ1) is 16.9. The second kappa shape index (κ2) is 9.73. The number of carbonyl (C=O) groups excluding carboxylic acids is 3. The summed E-state index contributed by atoms with van der Waals surface area (Å²) in [5.41, 5.74) is 7.22. The molecule has 1 saturated carbocycles. The largest absolute Gasteiger partial charge is 0.466 e. The summed E-state index contributed by atoms with van der Waals surface area (Å²) in [4.78, 5) is 40.6. The van der Waals surface area contributed by atoms with E-state index in [0.717, 1.165) is 12.8 Å². The number of nitriles is 1. The molecule has 2 aromatic carbocycles. The predicted octanol–water partition coefficient (Wildman–Crippen LogP) is 2.48. The van der Waals surface area contributed by atoms with Crippen LogP contribution in [0.2, 0.25) is 0 Å². The molecule has 0 saturated heterocycles. The molecule has 9 heteroatoms. The maximum atomic E-state index is 13.2. The zero-order chi connectivity index (χ0) is 25.1. The van der Waals surface area contributed by atoms with Crippen LogP contribution >= 0.6 is 0 Å². The molecular formula is C26H24N4O5. The quantitative estimate of drug-likeness (QED) is 0.612. The normalized spacial score (nSPS) is 17.5. The van der Waals surface area contributed by atoms with Crippen LogP contribution in [0, 0.1) is 11.3 Å². The highest BCUT2D eigenvalue weighted by Gasteiger charge is 2.43. The SMILES string of the molecule is COC(=O)C1=C(C(=O)OC)N(c2ccccc2C(=O)NC2CC2)C(N)=C(C#N)C1c1ccccc1. The van der Waals surface area contributed by atoms with E-state index in [1.807, 2.05) is 0 Å². The van der Waals surface area contributed by atoms with Crippen molar-refractivity contribution >= 4 is 23.5 Å². The van der Waals surface area contributed by atoms with Gasteiger partial charge in [-0.3, -0.25) is 9.69 Å². The predicted molar refractivity (Wildman–Crippen MR) is 126 cm³/mol. The number of amides is 1. The lowest BCUT2D eigenvalue weighted by Gasteiger charge is -2.36. The van der Waals surface area contributed by atoms with Crippen molar-refractivity contribution in [1.29, 1.82) is 5.26 Å². The molecule has 1 heterocycles. The van der Waals surface area contributed by atoms with Crippen molar-refractivity contribution in [2.24, 2.45) is 5.73 Å². The fourth-order valence-electron chi connectivity index (χ4n) is 4.12. The maximum Gasteiger partial charge on any atom is 0.355 e. The maximum absolute atomic E-state index is 13.2. The molecule has 0 bridgehead atoms. The minimum absolute atomic E-state index is 0.0293. The van der Waals surface area contributed by atoms with Crippen molar-refractivity contribution in [1.82, 2.24) is 5.32 Å². The molecule has 1 atom stereocenters. The van der Waals surface area contributed by atoms with Crippen LogP contribution in [-0.4, -0.2) is 38.1 Å². The van der Waals surface area contributed by atoms with Crippen molar-refractivity contribution in [3.05, 3.63) is 88.4 Å². The molecule has 1 unspecified atom stereocenters. The average Bonchev–Trinajstić information content (AvgIpc) is 3.71. The van der Waals surface area contributed by atoms with E-state index in [9.17, 15) is 19.6 Å². The molecule has 2 aliphatic rings. The topological polar surface area (TPSA) is 135 Å². The molecule has 1 aliphatic heterocycles. The number of rotatable bonds is 6. The van der Waals surface area contributed by atoms with Gasteiger partial charge in [-0.05, 0) is 30.5 Å². The Hall–Kier alpha value is -4.58.